The summed E-state index contributed by atoms with van der Waals surface area (Å²) in [5.74, 6) is -0.886. The van der Waals surface area contributed by atoms with Crippen LogP contribution in [0.5, 0.6) is 0 Å². The number of carbonyl (C=O) groups is 1. The van der Waals surface area contributed by atoms with E-state index in [0.717, 1.165) is 19.3 Å². The maximum Gasteiger partial charge on any atom is 0.331 e. The highest BCUT2D eigenvalue weighted by atomic mass is 16.5. The van der Waals surface area contributed by atoms with Gasteiger partial charge in [0.15, 0.2) is 0 Å². The van der Waals surface area contributed by atoms with Gasteiger partial charge in [-0.25, -0.2) is 4.79 Å². The summed E-state index contributed by atoms with van der Waals surface area (Å²) in [6, 6.07) is 8.32. The number of rotatable bonds is 4. The van der Waals surface area contributed by atoms with E-state index in [1.54, 1.807) is 13.0 Å². The van der Waals surface area contributed by atoms with Crippen LogP contribution in [-0.4, -0.2) is 17.7 Å². The van der Waals surface area contributed by atoms with Crippen LogP contribution in [0.15, 0.2) is 35.9 Å². The molecule has 1 N–H and O–H groups in total. The van der Waals surface area contributed by atoms with Gasteiger partial charge in [0, 0.05) is 5.57 Å². The lowest BCUT2D eigenvalue weighted by Crippen LogP contribution is -2.13. The third kappa shape index (κ3) is 2.99. The number of fused-ring (bicyclic) bond motifs is 1. The SMILES string of the molecule is CC(=CCOC1CCCc2ccccc21)C(=O)O. The van der Waals surface area contributed by atoms with E-state index >= 15 is 0 Å². The fraction of sp³-hybridized carbons (Fsp3) is 0.400. The van der Waals surface area contributed by atoms with Crippen molar-refractivity contribution < 1.29 is 14.6 Å². The topological polar surface area (TPSA) is 46.5 Å². The molecule has 1 aliphatic rings. The monoisotopic (exact) mass is 246 g/mol. The highest BCUT2D eigenvalue weighted by Gasteiger charge is 2.19. The van der Waals surface area contributed by atoms with Crippen molar-refractivity contribution in [3.05, 3.63) is 47.0 Å². The number of aryl methyl sites for hydroxylation is 1. The minimum absolute atomic E-state index is 0.104. The van der Waals surface area contributed by atoms with E-state index in [9.17, 15) is 4.79 Å². The predicted octanol–water partition coefficient (Wildman–Crippen LogP) is 3.11. The van der Waals surface area contributed by atoms with Crippen LogP contribution in [-0.2, 0) is 16.0 Å². The molecule has 0 aromatic heterocycles. The van der Waals surface area contributed by atoms with Crippen molar-refractivity contribution >= 4 is 5.97 Å². The van der Waals surface area contributed by atoms with Crippen molar-refractivity contribution in [3.63, 3.8) is 0 Å². The molecule has 1 aliphatic carbocycles. The van der Waals surface area contributed by atoms with E-state index in [0.29, 0.717) is 12.2 Å². The summed E-state index contributed by atoms with van der Waals surface area (Å²) in [6.07, 6.45) is 4.98. The highest BCUT2D eigenvalue weighted by Crippen LogP contribution is 2.32. The van der Waals surface area contributed by atoms with E-state index in [2.05, 4.69) is 18.2 Å². The van der Waals surface area contributed by atoms with Crippen molar-refractivity contribution in [2.24, 2.45) is 0 Å². The number of carboxylic acid groups (broad SMARTS) is 1. The second-order valence-corrected chi connectivity index (χ2v) is 4.61. The molecule has 3 nitrogen and oxygen atoms in total. The molecule has 2 rings (SSSR count). The number of aliphatic carboxylic acids is 1. The number of ether oxygens (including phenoxy) is 1. The zero-order valence-corrected chi connectivity index (χ0v) is 10.6. The Bertz CT molecular complexity index is 463. The summed E-state index contributed by atoms with van der Waals surface area (Å²) in [7, 11) is 0. The fourth-order valence-corrected chi connectivity index (χ4v) is 2.26. The van der Waals surface area contributed by atoms with Gasteiger partial charge in [0.05, 0.1) is 12.7 Å². The molecule has 1 atom stereocenters. The molecule has 1 aromatic rings. The van der Waals surface area contributed by atoms with Gasteiger partial charge >= 0.3 is 5.97 Å². The van der Waals surface area contributed by atoms with Crippen LogP contribution in [0.3, 0.4) is 0 Å². The zero-order valence-electron chi connectivity index (χ0n) is 10.6. The van der Waals surface area contributed by atoms with E-state index in [4.69, 9.17) is 9.84 Å². The Morgan fingerprint density at radius 3 is 3.06 bits per heavy atom. The van der Waals surface area contributed by atoms with E-state index in [1.165, 1.54) is 11.1 Å². The second-order valence-electron chi connectivity index (χ2n) is 4.61. The van der Waals surface area contributed by atoms with Crippen LogP contribution in [0.25, 0.3) is 0 Å². The van der Waals surface area contributed by atoms with Crippen LogP contribution in [0.1, 0.15) is 37.0 Å². The van der Waals surface area contributed by atoms with Crippen LogP contribution >= 0.6 is 0 Å². The quantitative estimate of drug-likeness (QED) is 0.830. The standard InChI is InChI=1S/C15H18O3/c1-11(15(16)17)9-10-18-14-8-4-6-12-5-2-3-7-13(12)14/h2-3,5,7,9,14H,4,6,8,10H2,1H3,(H,16,17). The summed E-state index contributed by atoms with van der Waals surface area (Å²) in [5, 5.41) is 8.75. The first-order valence-electron chi connectivity index (χ1n) is 6.28. The molecule has 0 radical (unpaired) electrons. The maximum absolute atomic E-state index is 10.7. The minimum Gasteiger partial charge on any atom is -0.478 e. The summed E-state index contributed by atoms with van der Waals surface area (Å²) in [6.45, 7) is 1.94. The Morgan fingerprint density at radius 1 is 1.50 bits per heavy atom. The molecule has 0 fully saturated rings. The Kier molecular flexibility index (Phi) is 4.15. The second kappa shape index (κ2) is 5.83. The summed E-state index contributed by atoms with van der Waals surface area (Å²) in [5.41, 5.74) is 2.94. The molecule has 0 spiro atoms. The molecule has 1 unspecified atom stereocenters. The summed E-state index contributed by atoms with van der Waals surface area (Å²) < 4.78 is 5.79. The van der Waals surface area contributed by atoms with Gasteiger partial charge in [-0.1, -0.05) is 24.3 Å². The molecule has 0 heterocycles. The average molecular weight is 246 g/mol. The largest absolute Gasteiger partial charge is 0.478 e. The van der Waals surface area contributed by atoms with Crippen LogP contribution in [0.4, 0.5) is 0 Å². The normalized spacial score (nSPS) is 19.4. The minimum atomic E-state index is -0.886. The lowest BCUT2D eigenvalue weighted by Gasteiger charge is -2.25. The Balaban J connectivity index is 2.00. The van der Waals surface area contributed by atoms with Gasteiger partial charge in [-0.3, -0.25) is 0 Å². The average Bonchev–Trinajstić information content (AvgIpc) is 2.38. The van der Waals surface area contributed by atoms with Crippen molar-refractivity contribution in [3.8, 4) is 0 Å². The van der Waals surface area contributed by atoms with Gasteiger partial charge in [0.25, 0.3) is 0 Å². The smallest absolute Gasteiger partial charge is 0.331 e. The third-order valence-electron chi connectivity index (χ3n) is 3.34. The van der Waals surface area contributed by atoms with Crippen LogP contribution in [0.2, 0.25) is 0 Å². The molecule has 18 heavy (non-hydrogen) atoms. The lowest BCUT2D eigenvalue weighted by molar-refractivity contribution is -0.132. The Morgan fingerprint density at radius 2 is 2.28 bits per heavy atom. The van der Waals surface area contributed by atoms with Gasteiger partial charge in [0.1, 0.15) is 0 Å². The molecule has 0 saturated carbocycles. The predicted molar refractivity (Wildman–Crippen MR) is 69.5 cm³/mol. The Labute approximate surface area is 107 Å². The summed E-state index contributed by atoms with van der Waals surface area (Å²) in [4.78, 5) is 10.7. The molecule has 3 heteroatoms. The van der Waals surface area contributed by atoms with E-state index in [-0.39, 0.29) is 6.10 Å². The number of benzene rings is 1. The van der Waals surface area contributed by atoms with Gasteiger partial charge in [-0.15, -0.1) is 0 Å². The van der Waals surface area contributed by atoms with E-state index < -0.39 is 5.97 Å². The third-order valence-corrected chi connectivity index (χ3v) is 3.34. The van der Waals surface area contributed by atoms with Gasteiger partial charge in [-0.2, -0.15) is 0 Å². The molecule has 1 aromatic carbocycles. The zero-order chi connectivity index (χ0) is 13.0. The van der Waals surface area contributed by atoms with Crippen LogP contribution < -0.4 is 0 Å². The van der Waals surface area contributed by atoms with Crippen molar-refractivity contribution in [2.75, 3.05) is 6.61 Å². The molecule has 0 amide bonds. The first-order valence-corrected chi connectivity index (χ1v) is 6.28. The number of hydrogen-bond donors (Lipinski definition) is 1. The van der Waals surface area contributed by atoms with Gasteiger partial charge < -0.3 is 9.84 Å². The van der Waals surface area contributed by atoms with Crippen molar-refractivity contribution in [1.82, 2.24) is 0 Å². The highest BCUT2D eigenvalue weighted by molar-refractivity contribution is 5.85. The number of hydrogen-bond acceptors (Lipinski definition) is 2. The number of carboxylic acids is 1. The molecule has 0 bridgehead atoms. The molecule has 96 valence electrons. The Hall–Kier alpha value is -1.61. The van der Waals surface area contributed by atoms with Crippen LogP contribution in [0, 0.1) is 0 Å². The maximum atomic E-state index is 10.7. The summed E-state index contributed by atoms with van der Waals surface area (Å²) >= 11 is 0. The van der Waals surface area contributed by atoms with Gasteiger partial charge in [0.2, 0.25) is 0 Å². The first kappa shape index (κ1) is 12.8. The lowest BCUT2D eigenvalue weighted by atomic mass is 9.89. The fourth-order valence-electron chi connectivity index (χ4n) is 2.26. The molecular formula is C15H18O3. The molecule has 0 saturated heterocycles. The van der Waals surface area contributed by atoms with Crippen molar-refractivity contribution in [2.45, 2.75) is 32.3 Å². The first-order chi connectivity index (χ1) is 8.68. The van der Waals surface area contributed by atoms with Gasteiger partial charge in [-0.05, 0) is 43.4 Å². The van der Waals surface area contributed by atoms with Crippen molar-refractivity contribution in [1.29, 1.82) is 0 Å². The molecule has 0 aliphatic heterocycles. The molecular weight excluding hydrogens is 228 g/mol. The van der Waals surface area contributed by atoms with E-state index in [1.807, 2.05) is 6.07 Å².